The molecule has 3 nitrogen and oxygen atoms in total. The zero-order chi connectivity index (χ0) is 18.1. The van der Waals surface area contributed by atoms with Crippen LogP contribution in [-0.2, 0) is 12.8 Å². The Morgan fingerprint density at radius 3 is 2.20 bits per heavy atom. The third kappa shape index (κ3) is 5.50. The van der Waals surface area contributed by atoms with Crippen LogP contribution >= 0.6 is 0 Å². The molecule has 2 aromatic carbocycles. The van der Waals surface area contributed by atoms with Gasteiger partial charge in [0.15, 0.2) is 11.5 Å². The van der Waals surface area contributed by atoms with Gasteiger partial charge in [0, 0.05) is 5.92 Å². The lowest BCUT2D eigenvalue weighted by Gasteiger charge is -2.18. The number of hydrogen-bond donors (Lipinski definition) is 1. The fraction of sp³-hybridized carbons (Fsp3) is 0.455. The largest absolute Gasteiger partial charge is 0.490 e. The van der Waals surface area contributed by atoms with Crippen LogP contribution in [0.4, 0.5) is 0 Å². The number of aryl methyl sites for hydroxylation is 1. The van der Waals surface area contributed by atoms with Crippen LogP contribution < -0.4 is 15.2 Å². The van der Waals surface area contributed by atoms with Gasteiger partial charge in [0.25, 0.3) is 0 Å². The van der Waals surface area contributed by atoms with E-state index in [1.54, 1.807) is 0 Å². The number of hydrogen-bond acceptors (Lipinski definition) is 3. The Hall–Kier alpha value is -2.00. The van der Waals surface area contributed by atoms with Crippen molar-refractivity contribution in [3.8, 4) is 11.5 Å². The van der Waals surface area contributed by atoms with Gasteiger partial charge in [-0.3, -0.25) is 0 Å². The molecule has 3 heteroatoms. The molecule has 0 radical (unpaired) electrons. The van der Waals surface area contributed by atoms with Crippen molar-refractivity contribution >= 4 is 0 Å². The van der Waals surface area contributed by atoms with Crippen LogP contribution in [0.15, 0.2) is 42.5 Å². The lowest BCUT2D eigenvalue weighted by Crippen LogP contribution is -2.15. The van der Waals surface area contributed by atoms with E-state index in [4.69, 9.17) is 15.2 Å². The average molecular weight is 341 g/mol. The molecule has 25 heavy (non-hydrogen) atoms. The van der Waals surface area contributed by atoms with Crippen molar-refractivity contribution in [1.82, 2.24) is 0 Å². The van der Waals surface area contributed by atoms with Crippen molar-refractivity contribution in [2.24, 2.45) is 5.73 Å². The number of rotatable bonds is 10. The summed E-state index contributed by atoms with van der Waals surface area (Å²) < 4.78 is 11.6. The van der Waals surface area contributed by atoms with Gasteiger partial charge in [0.1, 0.15) is 0 Å². The van der Waals surface area contributed by atoms with E-state index < -0.39 is 0 Å². The maximum absolute atomic E-state index is 6.06. The van der Waals surface area contributed by atoms with E-state index >= 15 is 0 Å². The predicted molar refractivity (Wildman–Crippen MR) is 105 cm³/mol. The van der Waals surface area contributed by atoms with Gasteiger partial charge in [-0.15, -0.1) is 0 Å². The SMILES string of the molecule is CCCOc1ccc(CC(CN)c2ccc(CC)cc2)cc1OCC. The molecule has 0 heterocycles. The summed E-state index contributed by atoms with van der Waals surface area (Å²) in [4.78, 5) is 0. The first-order valence-corrected chi connectivity index (χ1v) is 9.39. The van der Waals surface area contributed by atoms with E-state index in [9.17, 15) is 0 Å². The monoisotopic (exact) mass is 341 g/mol. The van der Waals surface area contributed by atoms with E-state index in [-0.39, 0.29) is 0 Å². The minimum atomic E-state index is 0.308. The van der Waals surface area contributed by atoms with Crippen LogP contribution in [0.3, 0.4) is 0 Å². The zero-order valence-corrected chi connectivity index (χ0v) is 15.8. The number of nitrogens with two attached hydrogens (primary N) is 1. The summed E-state index contributed by atoms with van der Waals surface area (Å²) in [6.07, 6.45) is 2.94. The third-order valence-electron chi connectivity index (χ3n) is 4.40. The van der Waals surface area contributed by atoms with Gasteiger partial charge < -0.3 is 15.2 Å². The molecule has 0 fully saturated rings. The summed E-state index contributed by atoms with van der Waals surface area (Å²) in [7, 11) is 0. The topological polar surface area (TPSA) is 44.5 Å². The van der Waals surface area contributed by atoms with Crippen LogP contribution in [0.1, 0.15) is 49.8 Å². The first kappa shape index (κ1) is 19.3. The second-order valence-electron chi connectivity index (χ2n) is 6.29. The molecule has 2 N–H and O–H groups in total. The van der Waals surface area contributed by atoms with Crippen molar-refractivity contribution in [2.45, 2.75) is 46.0 Å². The van der Waals surface area contributed by atoms with Crippen molar-refractivity contribution in [3.05, 3.63) is 59.2 Å². The van der Waals surface area contributed by atoms with Crippen LogP contribution in [0.5, 0.6) is 11.5 Å². The van der Waals surface area contributed by atoms with Gasteiger partial charge >= 0.3 is 0 Å². The van der Waals surface area contributed by atoms with Crippen molar-refractivity contribution in [3.63, 3.8) is 0 Å². The highest BCUT2D eigenvalue weighted by Gasteiger charge is 2.13. The molecule has 2 rings (SSSR count). The van der Waals surface area contributed by atoms with Crippen molar-refractivity contribution in [2.75, 3.05) is 19.8 Å². The minimum Gasteiger partial charge on any atom is -0.490 e. The van der Waals surface area contributed by atoms with Gasteiger partial charge in [0.2, 0.25) is 0 Å². The van der Waals surface area contributed by atoms with Crippen LogP contribution in [0, 0.1) is 0 Å². The fourth-order valence-corrected chi connectivity index (χ4v) is 2.93. The molecule has 136 valence electrons. The first-order valence-electron chi connectivity index (χ1n) is 9.39. The average Bonchev–Trinajstić information content (AvgIpc) is 2.66. The summed E-state index contributed by atoms with van der Waals surface area (Å²) in [5.74, 6) is 1.96. The Balaban J connectivity index is 2.16. The molecule has 0 bridgehead atoms. The second-order valence-corrected chi connectivity index (χ2v) is 6.29. The summed E-state index contributed by atoms with van der Waals surface area (Å²) >= 11 is 0. The fourth-order valence-electron chi connectivity index (χ4n) is 2.93. The molecule has 0 saturated heterocycles. The Labute approximate surface area is 152 Å². The Morgan fingerprint density at radius 1 is 0.880 bits per heavy atom. The number of ether oxygens (including phenoxy) is 2. The highest BCUT2D eigenvalue weighted by Crippen LogP contribution is 2.31. The lowest BCUT2D eigenvalue weighted by molar-refractivity contribution is 0.276. The highest BCUT2D eigenvalue weighted by atomic mass is 16.5. The van der Waals surface area contributed by atoms with Crippen LogP contribution in [0.25, 0.3) is 0 Å². The van der Waals surface area contributed by atoms with Crippen molar-refractivity contribution in [1.29, 1.82) is 0 Å². The van der Waals surface area contributed by atoms with E-state index in [1.165, 1.54) is 16.7 Å². The van der Waals surface area contributed by atoms with E-state index in [0.717, 1.165) is 30.8 Å². The molecule has 2 aromatic rings. The Kier molecular flexibility index (Phi) is 7.80. The molecule has 0 aliphatic carbocycles. The Morgan fingerprint density at radius 2 is 1.60 bits per heavy atom. The maximum Gasteiger partial charge on any atom is 0.161 e. The summed E-state index contributed by atoms with van der Waals surface area (Å²) in [5, 5.41) is 0. The predicted octanol–water partition coefficient (Wildman–Crippen LogP) is 4.72. The summed E-state index contributed by atoms with van der Waals surface area (Å²) in [6, 6.07) is 15.0. The quantitative estimate of drug-likeness (QED) is 0.680. The van der Waals surface area contributed by atoms with Crippen molar-refractivity contribution < 1.29 is 9.47 Å². The minimum absolute atomic E-state index is 0.308. The van der Waals surface area contributed by atoms with Gasteiger partial charge in [-0.1, -0.05) is 44.2 Å². The molecular weight excluding hydrogens is 310 g/mol. The summed E-state index contributed by atoms with van der Waals surface area (Å²) in [6.45, 7) is 8.23. The Bertz CT molecular complexity index is 637. The molecule has 0 aliphatic rings. The highest BCUT2D eigenvalue weighted by molar-refractivity contribution is 5.43. The standard InChI is InChI=1S/C22H31NO2/c1-4-13-25-21-12-9-18(15-22(21)24-6-3)14-20(16-23)19-10-7-17(5-2)8-11-19/h7-12,15,20H,4-6,13-14,16,23H2,1-3H3. The van der Waals surface area contributed by atoms with Crippen LogP contribution in [0.2, 0.25) is 0 Å². The first-order chi connectivity index (χ1) is 12.2. The third-order valence-corrected chi connectivity index (χ3v) is 4.40. The molecular formula is C22H31NO2. The molecule has 0 amide bonds. The molecule has 0 spiro atoms. The lowest BCUT2D eigenvalue weighted by atomic mass is 9.91. The van der Waals surface area contributed by atoms with Gasteiger partial charge in [-0.2, -0.15) is 0 Å². The molecule has 0 saturated carbocycles. The van der Waals surface area contributed by atoms with Crippen LogP contribution in [-0.4, -0.2) is 19.8 Å². The second kappa shape index (κ2) is 10.1. The number of benzene rings is 2. The van der Waals surface area contributed by atoms with E-state index in [1.807, 2.05) is 13.0 Å². The normalized spacial score (nSPS) is 12.0. The molecule has 1 unspecified atom stereocenters. The van der Waals surface area contributed by atoms with Gasteiger partial charge in [-0.25, -0.2) is 0 Å². The maximum atomic E-state index is 6.06. The van der Waals surface area contributed by atoms with Gasteiger partial charge in [-0.05, 0) is 61.6 Å². The zero-order valence-electron chi connectivity index (χ0n) is 15.8. The van der Waals surface area contributed by atoms with E-state index in [0.29, 0.717) is 25.7 Å². The molecule has 0 aromatic heterocycles. The summed E-state index contributed by atoms with van der Waals surface area (Å²) in [5.41, 5.74) is 9.94. The molecule has 1 atom stereocenters. The van der Waals surface area contributed by atoms with E-state index in [2.05, 4.69) is 50.2 Å². The molecule has 0 aliphatic heterocycles. The van der Waals surface area contributed by atoms with Gasteiger partial charge in [0.05, 0.1) is 13.2 Å². The smallest absolute Gasteiger partial charge is 0.161 e.